The third-order valence-corrected chi connectivity index (χ3v) is 24.1. The highest BCUT2D eigenvalue weighted by Gasteiger charge is 2.44. The summed E-state index contributed by atoms with van der Waals surface area (Å²) < 4.78 is 195. The number of carbonyl (C=O) groups excluding carboxylic acids is 4. The Balaban J connectivity index is 0.000000163. The Bertz CT molecular complexity index is 6580. The molecule has 0 aliphatic carbocycles. The molecule has 764 valence electrons. The Labute approximate surface area is 835 Å². The van der Waals surface area contributed by atoms with Crippen molar-refractivity contribution in [2.45, 2.75) is 58.3 Å². The summed E-state index contributed by atoms with van der Waals surface area (Å²) in [6, 6.07) is 46.9. The van der Waals surface area contributed by atoms with Crippen molar-refractivity contribution < 1.29 is 76.3 Å². The standard InChI is InChI=1S/C27H29F3N6O.C26H26F4N6O.2C26H27F3N6O/c1-3-6-24(37)32-21-8-5-7-19(17-21)27(29,30)25-23(28)18-31-26(34-25)33-20-9-11-22(12-10-20)36-15-13-35(4-2)14-16-36;1-3-23(37)32-18-7-5-6-17(14-18)26(29,30)24-21(28)16-31-25(34-24)33-22-9-8-19(15-20(22)27)36-12-10-35(4-2)11-13-36;1-3-5-23(36)31-20-7-4-6-18(16-20)26(28,29)24-22(27)17-30-25(33-24)32-19-8-10-21(11-9-19)35-14-12-34(2)13-15-35;1-3-23(36)31-20-7-5-6-18(16-20)26(28,29)24-22(27)17-30-25(33-24)32-19-8-10-21(11-9-19)35-14-12-34(4-2)13-15-35/h3,5-12,17-18H,4,13-16H2,1-2H3,(H,32,37)(H,31,33,34);3,5-9,14-16H,1,4,10-13H2,2H3,(H,32,37)(H,31,33,34);3-11,16-17H,12-15H2,1-2H3,(H,31,36)(H,30,32,33);3,5-11,16-17H,1,4,12-15H2,2H3,(H,31,36)(H,30,32,33)/b6-3+;;5-3+;. The van der Waals surface area contributed by atoms with Crippen LogP contribution in [0.3, 0.4) is 0 Å². The first-order valence-corrected chi connectivity index (χ1v) is 46.9. The Morgan fingerprint density at radius 1 is 0.315 bits per heavy atom. The van der Waals surface area contributed by atoms with Gasteiger partial charge in [-0.3, -0.25) is 19.2 Å². The number of nitrogens with zero attached hydrogens (tertiary/aromatic N) is 16. The number of piperazine rings is 4. The molecule has 0 atom stereocenters. The minimum absolute atomic E-state index is 0.0362. The van der Waals surface area contributed by atoms with Gasteiger partial charge in [-0.05, 0) is 204 Å². The maximum atomic E-state index is 15.4. The number of rotatable bonds is 31. The van der Waals surface area contributed by atoms with Crippen molar-refractivity contribution in [3.63, 3.8) is 0 Å². The second kappa shape index (κ2) is 49.5. The second-order valence-corrected chi connectivity index (χ2v) is 33.9. The highest BCUT2D eigenvalue weighted by molar-refractivity contribution is 6.01. The molecule has 4 aliphatic heterocycles. The molecule has 146 heavy (non-hydrogen) atoms. The number of anilines is 16. The van der Waals surface area contributed by atoms with E-state index in [1.807, 2.05) is 48.5 Å². The number of hydrogen-bond donors (Lipinski definition) is 8. The van der Waals surface area contributed by atoms with E-state index in [4.69, 9.17) is 0 Å². The molecule has 28 nitrogen and oxygen atoms in total. The molecule has 4 amide bonds. The predicted octanol–water partition coefficient (Wildman–Crippen LogP) is 19.6. The molecule has 8 N–H and O–H groups in total. The van der Waals surface area contributed by atoms with E-state index in [0.29, 0.717) is 35.1 Å². The summed E-state index contributed by atoms with van der Waals surface area (Å²) in [7, 11) is 2.09. The van der Waals surface area contributed by atoms with E-state index < -0.39 is 127 Å². The van der Waals surface area contributed by atoms with Crippen molar-refractivity contribution in [1.82, 2.24) is 59.5 Å². The van der Waals surface area contributed by atoms with E-state index in [2.05, 4.69) is 163 Å². The number of carbonyl (C=O) groups is 4. The van der Waals surface area contributed by atoms with E-state index in [0.717, 1.165) is 214 Å². The van der Waals surface area contributed by atoms with Gasteiger partial charge in [0.1, 0.15) is 5.82 Å². The molecule has 0 radical (unpaired) electrons. The molecule has 4 saturated heterocycles. The molecule has 41 heteroatoms. The minimum atomic E-state index is -3.87. The quantitative estimate of drug-likeness (QED) is 0.0148. The highest BCUT2D eigenvalue weighted by Crippen LogP contribution is 2.43. The number of alkyl halides is 8. The summed E-state index contributed by atoms with van der Waals surface area (Å²) in [5.41, 5.74) is -0.417. The number of amides is 4. The second-order valence-electron chi connectivity index (χ2n) is 33.9. The summed E-state index contributed by atoms with van der Waals surface area (Å²) in [5.74, 6) is -23.8. The van der Waals surface area contributed by atoms with Gasteiger partial charge in [0.05, 0.1) is 30.5 Å². The summed E-state index contributed by atoms with van der Waals surface area (Å²) in [5, 5.41) is 21.0. The van der Waals surface area contributed by atoms with Gasteiger partial charge in [-0.25, -0.2) is 61.8 Å². The van der Waals surface area contributed by atoms with Gasteiger partial charge in [0.15, 0.2) is 46.0 Å². The first kappa shape index (κ1) is 108. The zero-order valence-corrected chi connectivity index (χ0v) is 80.7. The van der Waals surface area contributed by atoms with Gasteiger partial charge >= 0.3 is 23.7 Å². The molecule has 0 bridgehead atoms. The van der Waals surface area contributed by atoms with Crippen LogP contribution in [-0.4, -0.2) is 214 Å². The number of benzene rings is 8. The SMILES string of the molecule is C/C=C/C(=O)Nc1cccc(C(F)(F)c2nc(Nc3ccc(N4CCN(C)CC4)cc3)ncc2F)c1.C/C=C/C(=O)Nc1cccc(C(F)(F)c2nc(Nc3ccc(N4CCN(CC)CC4)cc3)ncc2F)c1.C=CC(=O)Nc1cccc(C(F)(F)c2nc(Nc3ccc(N4CCN(CC)CC4)cc3)ncc2F)c1.C=CC(=O)Nc1cccc(C(F)(F)c2nc(Nc3ccc(N4CCN(CC)CC4)cc3F)ncc2F)c1. The van der Waals surface area contributed by atoms with Crippen LogP contribution in [0.25, 0.3) is 0 Å². The van der Waals surface area contributed by atoms with E-state index in [-0.39, 0.29) is 46.3 Å². The van der Waals surface area contributed by atoms with Crippen LogP contribution in [0.4, 0.5) is 149 Å². The molecule has 4 fully saturated rings. The van der Waals surface area contributed by atoms with Crippen LogP contribution >= 0.6 is 0 Å². The Morgan fingerprint density at radius 3 is 0.829 bits per heavy atom. The Hall–Kier alpha value is -15.8. The van der Waals surface area contributed by atoms with Gasteiger partial charge in [-0.15, -0.1) is 0 Å². The molecule has 4 aromatic heterocycles. The number of aromatic nitrogens is 8. The summed E-state index contributed by atoms with van der Waals surface area (Å²) in [4.78, 5) is 95.0. The summed E-state index contributed by atoms with van der Waals surface area (Å²) >= 11 is 0. The summed E-state index contributed by atoms with van der Waals surface area (Å²) in [6.45, 7) is 34.2. The smallest absolute Gasteiger partial charge is 0.318 e. The fourth-order valence-corrected chi connectivity index (χ4v) is 16.0. The highest BCUT2D eigenvalue weighted by atomic mass is 19.3. The van der Waals surface area contributed by atoms with Crippen LogP contribution in [0.1, 0.15) is 79.6 Å². The predicted molar refractivity (Wildman–Crippen MR) is 542 cm³/mol. The number of allylic oxidation sites excluding steroid dienone is 2. The minimum Gasteiger partial charge on any atom is -0.369 e. The molecule has 8 aromatic carbocycles. The lowest BCUT2D eigenvalue weighted by Gasteiger charge is -2.35. The third kappa shape index (κ3) is 28.2. The average molecular weight is 2020 g/mol. The molecule has 4 aliphatic rings. The van der Waals surface area contributed by atoms with Gasteiger partial charge in [0.2, 0.25) is 47.4 Å². The number of hydrogen-bond acceptors (Lipinski definition) is 24. The Morgan fingerprint density at radius 2 is 0.568 bits per heavy atom. The van der Waals surface area contributed by atoms with Gasteiger partial charge < -0.3 is 81.7 Å². The van der Waals surface area contributed by atoms with Crippen LogP contribution in [0.2, 0.25) is 0 Å². The molecule has 8 heterocycles. The van der Waals surface area contributed by atoms with Crippen molar-refractivity contribution >= 4 is 116 Å². The van der Waals surface area contributed by atoms with Crippen LogP contribution < -0.4 is 62.1 Å². The zero-order chi connectivity index (χ0) is 104. The lowest BCUT2D eigenvalue weighted by molar-refractivity contribution is -0.112. The molecule has 0 spiro atoms. The van der Waals surface area contributed by atoms with Crippen molar-refractivity contribution in [3.8, 4) is 0 Å². The molecule has 16 rings (SSSR count). The molecule has 12 aromatic rings. The zero-order valence-electron chi connectivity index (χ0n) is 80.7. The largest absolute Gasteiger partial charge is 0.369 e. The van der Waals surface area contributed by atoms with Gasteiger partial charge in [-0.1, -0.05) is 94.6 Å². The van der Waals surface area contributed by atoms with Crippen LogP contribution in [-0.2, 0) is 42.9 Å². The maximum absolute atomic E-state index is 15.4. The molecule has 0 unspecified atom stereocenters. The normalized spacial score (nSPS) is 14.5. The fraction of sp³-hybridized carbons (Fsp3) is 0.276. The monoisotopic (exact) mass is 2020 g/mol. The third-order valence-electron chi connectivity index (χ3n) is 24.1. The van der Waals surface area contributed by atoms with E-state index in [1.54, 1.807) is 44.2 Å². The van der Waals surface area contributed by atoms with Crippen LogP contribution in [0.15, 0.2) is 262 Å². The lowest BCUT2D eigenvalue weighted by atomic mass is 10.0. The van der Waals surface area contributed by atoms with Crippen molar-refractivity contribution in [2.24, 2.45) is 0 Å². The van der Waals surface area contributed by atoms with E-state index >= 15 is 35.1 Å². The number of likely N-dealkylation sites (N-methyl/N-ethyl adjacent to an activating group) is 4. The van der Waals surface area contributed by atoms with Crippen molar-refractivity contribution in [1.29, 1.82) is 0 Å². The molecular formula is C105H109F13N24O4. The van der Waals surface area contributed by atoms with Gasteiger partial charge in [0, 0.05) is 190 Å². The summed E-state index contributed by atoms with van der Waals surface area (Å²) in [6.07, 6.45) is 10.4. The Kier molecular flexibility index (Phi) is 36.5. The number of nitrogens with one attached hydrogen (secondary N) is 8. The van der Waals surface area contributed by atoms with Crippen LogP contribution in [0, 0.1) is 29.1 Å². The van der Waals surface area contributed by atoms with E-state index in [9.17, 15) is 41.1 Å². The first-order valence-electron chi connectivity index (χ1n) is 46.9. The lowest BCUT2D eigenvalue weighted by Crippen LogP contribution is -2.46. The van der Waals surface area contributed by atoms with Gasteiger partial charge in [0.25, 0.3) is 0 Å². The average Bonchev–Trinajstić information content (AvgIpc) is 0.788. The fourth-order valence-electron chi connectivity index (χ4n) is 16.0. The van der Waals surface area contributed by atoms with Crippen LogP contribution in [0.5, 0.6) is 0 Å². The maximum Gasteiger partial charge on any atom is 0.318 e. The first-order chi connectivity index (χ1) is 70.1. The topological polar surface area (TPSA) is 294 Å². The van der Waals surface area contributed by atoms with Gasteiger partial charge in [-0.2, -0.15) is 35.1 Å². The van der Waals surface area contributed by atoms with Crippen molar-refractivity contribution in [2.75, 3.05) is 194 Å². The molecular weight excluding hydrogens is 1910 g/mol. The van der Waals surface area contributed by atoms with Crippen molar-refractivity contribution in [3.05, 3.63) is 337 Å². The molecule has 0 saturated carbocycles. The number of halogens is 13. The van der Waals surface area contributed by atoms with E-state index in [1.165, 1.54) is 85.0 Å².